The highest BCUT2D eigenvalue weighted by Gasteiger charge is 2.30. The van der Waals surface area contributed by atoms with Gasteiger partial charge in [-0.1, -0.05) is 30.3 Å². The molecule has 0 bridgehead atoms. The highest BCUT2D eigenvalue weighted by atomic mass is 32.2. The van der Waals surface area contributed by atoms with Crippen LogP contribution in [0.15, 0.2) is 76.5 Å². The molecule has 0 aliphatic carbocycles. The first kappa shape index (κ1) is 28.6. The molecule has 1 amide bonds. The molecule has 0 spiro atoms. The van der Waals surface area contributed by atoms with Crippen LogP contribution < -0.4 is 14.4 Å². The number of carbonyl (C=O) groups is 1. The summed E-state index contributed by atoms with van der Waals surface area (Å²) < 4.78 is 66.7. The van der Waals surface area contributed by atoms with Crippen molar-refractivity contribution in [1.29, 1.82) is 0 Å². The predicted octanol–water partition coefficient (Wildman–Crippen LogP) is 3.17. The highest BCUT2D eigenvalue weighted by Crippen LogP contribution is 2.31. The Morgan fingerprint density at radius 3 is 2.31 bits per heavy atom. The van der Waals surface area contributed by atoms with Crippen LogP contribution in [0.2, 0.25) is 0 Å². The van der Waals surface area contributed by atoms with Crippen LogP contribution in [0.3, 0.4) is 0 Å². The zero-order chi connectivity index (χ0) is 28.2. The number of benzene rings is 3. The standard InChI is InChI=1S/C27H31N3O7S2/c1-20-9-10-21(2)25(17-20)30(39(34,35)22-7-5-4-6-8-22)19-27(31)28-24-18-23(11-12-26(24)36-3)38(32,33)29-13-15-37-16-14-29/h4-12,17-18H,13-16,19H2,1-3H3,(H,28,31). The van der Waals surface area contributed by atoms with Crippen molar-refractivity contribution in [3.63, 3.8) is 0 Å². The molecule has 0 aromatic heterocycles. The summed E-state index contributed by atoms with van der Waals surface area (Å²) in [5.74, 6) is -0.442. The topological polar surface area (TPSA) is 122 Å². The number of carbonyl (C=O) groups excluding carboxylic acids is 1. The lowest BCUT2D eigenvalue weighted by molar-refractivity contribution is -0.114. The summed E-state index contributed by atoms with van der Waals surface area (Å²) in [6, 6.07) is 17.4. The van der Waals surface area contributed by atoms with Gasteiger partial charge in [0.25, 0.3) is 10.0 Å². The van der Waals surface area contributed by atoms with Gasteiger partial charge in [0.15, 0.2) is 0 Å². The van der Waals surface area contributed by atoms with Crippen LogP contribution in [-0.4, -0.2) is 67.0 Å². The number of nitrogens with zero attached hydrogens (tertiary/aromatic N) is 2. The second-order valence-electron chi connectivity index (χ2n) is 9.04. The minimum Gasteiger partial charge on any atom is -0.495 e. The molecule has 0 radical (unpaired) electrons. The van der Waals surface area contributed by atoms with E-state index in [1.54, 1.807) is 37.3 Å². The van der Waals surface area contributed by atoms with Gasteiger partial charge in [-0.05, 0) is 61.4 Å². The number of anilines is 2. The molecule has 0 atom stereocenters. The fourth-order valence-corrected chi connectivity index (χ4v) is 7.14. The molecule has 1 N–H and O–H groups in total. The average Bonchev–Trinajstić information content (AvgIpc) is 2.94. The first-order valence-electron chi connectivity index (χ1n) is 12.2. The van der Waals surface area contributed by atoms with Gasteiger partial charge in [-0.25, -0.2) is 16.8 Å². The van der Waals surface area contributed by atoms with Crippen LogP contribution in [0, 0.1) is 13.8 Å². The lowest BCUT2D eigenvalue weighted by atomic mass is 10.1. The van der Waals surface area contributed by atoms with E-state index in [0.29, 0.717) is 24.5 Å². The molecular weight excluding hydrogens is 542 g/mol. The Bertz CT molecular complexity index is 1550. The van der Waals surface area contributed by atoms with Gasteiger partial charge in [-0.15, -0.1) is 0 Å². The number of rotatable bonds is 9. The summed E-state index contributed by atoms with van der Waals surface area (Å²) in [4.78, 5) is 13.4. The molecule has 3 aromatic rings. The van der Waals surface area contributed by atoms with E-state index in [9.17, 15) is 21.6 Å². The van der Waals surface area contributed by atoms with Crippen LogP contribution in [0.1, 0.15) is 11.1 Å². The van der Waals surface area contributed by atoms with E-state index in [2.05, 4.69) is 5.32 Å². The van der Waals surface area contributed by atoms with Gasteiger partial charge >= 0.3 is 0 Å². The Kier molecular flexibility index (Phi) is 8.60. The van der Waals surface area contributed by atoms with E-state index < -0.39 is 32.5 Å². The predicted molar refractivity (Wildman–Crippen MR) is 148 cm³/mol. The SMILES string of the molecule is COc1ccc(S(=O)(=O)N2CCOCC2)cc1NC(=O)CN(c1cc(C)ccc1C)S(=O)(=O)c1ccccc1. The molecule has 10 nitrogen and oxygen atoms in total. The summed E-state index contributed by atoms with van der Waals surface area (Å²) in [7, 11) is -6.56. The first-order valence-corrected chi connectivity index (χ1v) is 15.1. The quantitative estimate of drug-likeness (QED) is 0.417. The van der Waals surface area contributed by atoms with Crippen LogP contribution in [-0.2, 0) is 29.6 Å². The summed E-state index contributed by atoms with van der Waals surface area (Å²) in [5, 5.41) is 2.66. The van der Waals surface area contributed by atoms with Gasteiger partial charge in [0.05, 0.1) is 41.5 Å². The Morgan fingerprint density at radius 2 is 1.64 bits per heavy atom. The van der Waals surface area contributed by atoms with Crippen molar-refractivity contribution in [2.45, 2.75) is 23.6 Å². The molecule has 3 aromatic carbocycles. The smallest absolute Gasteiger partial charge is 0.264 e. The number of nitrogens with one attached hydrogen (secondary N) is 1. The van der Waals surface area contributed by atoms with Gasteiger partial charge in [0, 0.05) is 13.1 Å². The number of morpholine rings is 1. The fraction of sp³-hybridized carbons (Fsp3) is 0.296. The zero-order valence-electron chi connectivity index (χ0n) is 22.0. The third kappa shape index (κ3) is 6.25. The van der Waals surface area contributed by atoms with Crippen molar-refractivity contribution in [2.24, 2.45) is 0 Å². The van der Waals surface area contributed by atoms with Gasteiger partial charge < -0.3 is 14.8 Å². The molecule has 39 heavy (non-hydrogen) atoms. The zero-order valence-corrected chi connectivity index (χ0v) is 23.6. The summed E-state index contributed by atoms with van der Waals surface area (Å²) in [6.45, 7) is 4.08. The number of ether oxygens (including phenoxy) is 2. The maximum atomic E-state index is 13.7. The second-order valence-corrected chi connectivity index (χ2v) is 12.8. The normalized spacial score (nSPS) is 14.5. The van der Waals surface area contributed by atoms with Crippen LogP contribution in [0.4, 0.5) is 11.4 Å². The van der Waals surface area contributed by atoms with Crippen molar-refractivity contribution < 1.29 is 31.1 Å². The number of methoxy groups -OCH3 is 1. The van der Waals surface area contributed by atoms with E-state index in [0.717, 1.165) is 9.87 Å². The van der Waals surface area contributed by atoms with Gasteiger partial charge in [0.2, 0.25) is 15.9 Å². The summed E-state index contributed by atoms with van der Waals surface area (Å²) >= 11 is 0. The molecule has 1 aliphatic heterocycles. The fourth-order valence-electron chi connectivity index (χ4n) is 4.21. The van der Waals surface area contributed by atoms with Crippen LogP contribution >= 0.6 is 0 Å². The Labute approximate surface area is 229 Å². The summed E-state index contributed by atoms with van der Waals surface area (Å²) in [5.41, 5.74) is 1.97. The first-order chi connectivity index (χ1) is 18.5. The van der Waals surface area contributed by atoms with E-state index >= 15 is 0 Å². The van der Waals surface area contributed by atoms with Crippen molar-refractivity contribution in [3.05, 3.63) is 77.9 Å². The Morgan fingerprint density at radius 1 is 0.949 bits per heavy atom. The monoisotopic (exact) mass is 573 g/mol. The molecule has 1 heterocycles. The number of aryl methyl sites for hydroxylation is 2. The number of sulfonamides is 2. The van der Waals surface area contributed by atoms with Gasteiger partial charge in [0.1, 0.15) is 12.3 Å². The maximum absolute atomic E-state index is 13.7. The van der Waals surface area contributed by atoms with Crippen LogP contribution in [0.5, 0.6) is 5.75 Å². The van der Waals surface area contributed by atoms with E-state index in [1.165, 1.54) is 41.7 Å². The largest absolute Gasteiger partial charge is 0.495 e. The Balaban J connectivity index is 1.68. The van der Waals surface area contributed by atoms with Crippen molar-refractivity contribution in [2.75, 3.05) is 49.6 Å². The van der Waals surface area contributed by atoms with Crippen molar-refractivity contribution in [1.82, 2.24) is 4.31 Å². The van der Waals surface area contributed by atoms with E-state index in [-0.39, 0.29) is 34.3 Å². The maximum Gasteiger partial charge on any atom is 0.264 e. The highest BCUT2D eigenvalue weighted by molar-refractivity contribution is 7.92. The average molecular weight is 574 g/mol. The molecule has 1 fully saturated rings. The molecular formula is C27H31N3O7S2. The number of hydrogen-bond acceptors (Lipinski definition) is 7. The minimum atomic E-state index is -4.12. The summed E-state index contributed by atoms with van der Waals surface area (Å²) in [6.07, 6.45) is 0. The van der Waals surface area contributed by atoms with Gasteiger partial charge in [-0.3, -0.25) is 9.10 Å². The Hall–Kier alpha value is -3.45. The molecule has 1 aliphatic rings. The van der Waals surface area contributed by atoms with Crippen molar-refractivity contribution in [3.8, 4) is 5.75 Å². The molecule has 12 heteroatoms. The molecule has 4 rings (SSSR count). The molecule has 0 saturated carbocycles. The van der Waals surface area contributed by atoms with Gasteiger partial charge in [-0.2, -0.15) is 4.31 Å². The van der Waals surface area contributed by atoms with Crippen molar-refractivity contribution >= 4 is 37.3 Å². The molecule has 0 unspecified atom stereocenters. The van der Waals surface area contributed by atoms with E-state index in [1.807, 2.05) is 13.0 Å². The molecule has 1 saturated heterocycles. The minimum absolute atomic E-state index is 0.0243. The number of amides is 1. The molecule has 208 valence electrons. The number of hydrogen-bond donors (Lipinski definition) is 1. The second kappa shape index (κ2) is 11.7. The third-order valence-electron chi connectivity index (χ3n) is 6.30. The lowest BCUT2D eigenvalue weighted by Gasteiger charge is -2.27. The lowest BCUT2D eigenvalue weighted by Crippen LogP contribution is -2.40. The third-order valence-corrected chi connectivity index (χ3v) is 9.97. The van der Waals surface area contributed by atoms with E-state index in [4.69, 9.17) is 9.47 Å². The van der Waals surface area contributed by atoms with Crippen LogP contribution in [0.25, 0.3) is 0 Å².